The Hall–Kier alpha value is -3.84. The number of aromatic nitrogens is 2. The lowest BCUT2D eigenvalue weighted by Gasteiger charge is -2.18. The van der Waals surface area contributed by atoms with Crippen LogP contribution in [0, 0.1) is 5.41 Å². The van der Waals surface area contributed by atoms with Crippen LogP contribution in [0.1, 0.15) is 50.5 Å². The number of benzene rings is 3. The van der Waals surface area contributed by atoms with E-state index in [4.69, 9.17) is 16.3 Å². The number of nitrogens with zero attached hydrogens (tertiary/aromatic N) is 2. The van der Waals surface area contributed by atoms with Gasteiger partial charge in [0.1, 0.15) is 5.75 Å². The number of hydrogen-bond donors (Lipinski definition) is 2. The topological polar surface area (TPSA) is 85.2 Å². The second-order valence-corrected chi connectivity index (χ2v) is 10.6. The molecule has 3 aromatic carbocycles. The van der Waals surface area contributed by atoms with E-state index in [9.17, 15) is 9.59 Å². The smallest absolute Gasteiger partial charge is 0.257 e. The average Bonchev–Trinajstić information content (AvgIpc) is 3.27. The molecule has 2 N–H and O–H groups in total. The molecule has 0 aliphatic carbocycles. The Morgan fingerprint density at radius 1 is 1.05 bits per heavy atom. The van der Waals surface area contributed by atoms with E-state index in [1.807, 2.05) is 81.8 Å². The molecular weight excluding hydrogens is 488 g/mol. The zero-order valence-corrected chi connectivity index (χ0v) is 22.4. The Labute approximate surface area is 221 Å². The molecule has 8 heteroatoms. The molecule has 0 fully saturated rings. The molecule has 4 rings (SSSR count). The summed E-state index contributed by atoms with van der Waals surface area (Å²) >= 11 is 6.37. The highest BCUT2D eigenvalue weighted by Crippen LogP contribution is 2.28. The third-order valence-corrected chi connectivity index (χ3v) is 6.04. The maximum absolute atomic E-state index is 13.2. The van der Waals surface area contributed by atoms with Gasteiger partial charge in [-0.05, 0) is 55.8 Å². The molecule has 0 aliphatic heterocycles. The van der Waals surface area contributed by atoms with Gasteiger partial charge in [0.2, 0.25) is 5.91 Å². The molecular formula is C29H31ClN4O3. The fourth-order valence-electron chi connectivity index (χ4n) is 3.82. The molecule has 7 nitrogen and oxygen atoms in total. The molecule has 1 aromatic heterocycles. The summed E-state index contributed by atoms with van der Waals surface area (Å²) in [5, 5.41) is 11.5. The molecule has 0 saturated carbocycles. The van der Waals surface area contributed by atoms with Crippen molar-refractivity contribution in [2.45, 2.75) is 47.3 Å². The SMILES string of the molecule is CC(C)Oc1cccc(-n2ncc3c(NC(=O)c4cc(CNC(=O)C(C)(C)C)ccc4Cl)cccc32)c1. The van der Waals surface area contributed by atoms with Crippen molar-refractivity contribution in [3.8, 4) is 11.4 Å². The second kappa shape index (κ2) is 10.6. The predicted octanol–water partition coefficient (Wildman–Crippen LogP) is 6.38. The molecule has 0 unspecified atom stereocenters. The number of hydrogen-bond acceptors (Lipinski definition) is 4. The Balaban J connectivity index is 1.57. The number of rotatable bonds is 7. The fraction of sp³-hybridized carbons (Fsp3) is 0.276. The molecule has 0 atom stereocenters. The van der Waals surface area contributed by atoms with Gasteiger partial charge < -0.3 is 15.4 Å². The molecule has 0 aliphatic rings. The first-order chi connectivity index (χ1) is 17.5. The standard InChI is InChI=1S/C29H31ClN4O3/c1-18(2)37-21-9-6-8-20(15-21)34-26-11-7-10-25(23(26)17-32-34)33-27(35)22-14-19(12-13-24(22)30)16-31-28(36)29(3,4)5/h6-15,17-18H,16H2,1-5H3,(H,31,36)(H,33,35). The maximum Gasteiger partial charge on any atom is 0.257 e. The van der Waals surface area contributed by atoms with Gasteiger partial charge in [-0.3, -0.25) is 9.59 Å². The Bertz CT molecular complexity index is 1450. The largest absolute Gasteiger partial charge is 0.491 e. The zero-order chi connectivity index (χ0) is 26.7. The molecule has 0 radical (unpaired) electrons. The molecule has 0 bridgehead atoms. The van der Waals surface area contributed by atoms with Gasteiger partial charge in [-0.1, -0.05) is 50.6 Å². The van der Waals surface area contributed by atoms with Crippen molar-refractivity contribution in [2.75, 3.05) is 5.32 Å². The Kier molecular flexibility index (Phi) is 7.55. The van der Waals surface area contributed by atoms with Crippen LogP contribution in [0.4, 0.5) is 5.69 Å². The number of halogens is 1. The Morgan fingerprint density at radius 2 is 1.81 bits per heavy atom. The molecule has 0 saturated heterocycles. The minimum absolute atomic E-state index is 0.0616. The number of anilines is 1. The first-order valence-electron chi connectivity index (χ1n) is 12.1. The minimum atomic E-state index is -0.501. The summed E-state index contributed by atoms with van der Waals surface area (Å²) in [6.45, 7) is 9.81. The van der Waals surface area contributed by atoms with Crippen LogP contribution in [0.15, 0.2) is 66.9 Å². The van der Waals surface area contributed by atoms with Gasteiger partial charge >= 0.3 is 0 Å². The van der Waals surface area contributed by atoms with Crippen LogP contribution >= 0.6 is 11.6 Å². The minimum Gasteiger partial charge on any atom is -0.491 e. The van der Waals surface area contributed by atoms with Crippen molar-refractivity contribution in [2.24, 2.45) is 5.41 Å². The summed E-state index contributed by atoms with van der Waals surface area (Å²) in [7, 11) is 0. The summed E-state index contributed by atoms with van der Waals surface area (Å²) in [6, 6.07) is 18.5. The number of carbonyl (C=O) groups excluding carboxylic acids is 2. The van der Waals surface area contributed by atoms with Crippen LogP contribution in [0.25, 0.3) is 16.6 Å². The van der Waals surface area contributed by atoms with E-state index in [0.717, 1.165) is 27.9 Å². The average molecular weight is 519 g/mol. The summed E-state index contributed by atoms with van der Waals surface area (Å²) in [6.07, 6.45) is 1.78. The molecule has 0 spiro atoms. The number of ether oxygens (including phenoxy) is 1. The van der Waals surface area contributed by atoms with Crippen molar-refractivity contribution in [1.82, 2.24) is 15.1 Å². The van der Waals surface area contributed by atoms with Crippen LogP contribution in [-0.2, 0) is 11.3 Å². The van der Waals surface area contributed by atoms with Gasteiger partial charge in [0.05, 0.1) is 39.8 Å². The monoisotopic (exact) mass is 518 g/mol. The predicted molar refractivity (Wildman–Crippen MR) is 148 cm³/mol. The van der Waals surface area contributed by atoms with E-state index < -0.39 is 5.41 Å². The van der Waals surface area contributed by atoms with Gasteiger partial charge in [-0.2, -0.15) is 5.10 Å². The summed E-state index contributed by atoms with van der Waals surface area (Å²) in [4.78, 5) is 25.5. The lowest BCUT2D eigenvalue weighted by molar-refractivity contribution is -0.128. The lowest BCUT2D eigenvalue weighted by atomic mass is 9.95. The van der Waals surface area contributed by atoms with E-state index in [1.54, 1.807) is 24.4 Å². The van der Waals surface area contributed by atoms with E-state index in [0.29, 0.717) is 22.8 Å². The highest BCUT2D eigenvalue weighted by atomic mass is 35.5. The van der Waals surface area contributed by atoms with Crippen molar-refractivity contribution in [3.05, 3.63) is 83.0 Å². The second-order valence-electron chi connectivity index (χ2n) is 10.2. The van der Waals surface area contributed by atoms with Crippen LogP contribution in [0.3, 0.4) is 0 Å². The summed E-state index contributed by atoms with van der Waals surface area (Å²) < 4.78 is 7.63. The van der Waals surface area contributed by atoms with Crippen LogP contribution in [0.5, 0.6) is 5.75 Å². The van der Waals surface area contributed by atoms with Crippen molar-refractivity contribution >= 4 is 40.0 Å². The zero-order valence-electron chi connectivity index (χ0n) is 21.6. The number of fused-ring (bicyclic) bond motifs is 1. The van der Waals surface area contributed by atoms with Crippen molar-refractivity contribution < 1.29 is 14.3 Å². The Morgan fingerprint density at radius 3 is 2.54 bits per heavy atom. The lowest BCUT2D eigenvalue weighted by Crippen LogP contribution is -2.34. The number of carbonyl (C=O) groups is 2. The fourth-order valence-corrected chi connectivity index (χ4v) is 4.02. The molecule has 192 valence electrons. The van der Waals surface area contributed by atoms with Crippen molar-refractivity contribution in [1.29, 1.82) is 0 Å². The molecule has 37 heavy (non-hydrogen) atoms. The van der Waals surface area contributed by atoms with Gasteiger partial charge in [-0.15, -0.1) is 0 Å². The number of nitrogens with one attached hydrogen (secondary N) is 2. The molecule has 2 amide bonds. The normalized spacial score (nSPS) is 11.5. The van der Waals surface area contributed by atoms with E-state index >= 15 is 0 Å². The highest BCUT2D eigenvalue weighted by molar-refractivity contribution is 6.34. The van der Waals surface area contributed by atoms with Crippen LogP contribution in [-0.4, -0.2) is 27.7 Å². The third-order valence-electron chi connectivity index (χ3n) is 5.71. The highest BCUT2D eigenvalue weighted by Gasteiger charge is 2.21. The van der Waals surface area contributed by atoms with E-state index in [-0.39, 0.29) is 17.9 Å². The first-order valence-corrected chi connectivity index (χ1v) is 12.5. The van der Waals surface area contributed by atoms with Gasteiger partial charge in [0, 0.05) is 23.4 Å². The maximum atomic E-state index is 13.2. The van der Waals surface area contributed by atoms with Crippen molar-refractivity contribution in [3.63, 3.8) is 0 Å². The summed E-state index contributed by atoms with van der Waals surface area (Å²) in [5.74, 6) is 0.342. The van der Waals surface area contributed by atoms with Gasteiger partial charge in [0.15, 0.2) is 0 Å². The molecule has 4 aromatic rings. The van der Waals surface area contributed by atoms with Crippen LogP contribution < -0.4 is 15.4 Å². The number of amides is 2. The summed E-state index contributed by atoms with van der Waals surface area (Å²) in [5.41, 5.74) is 2.91. The quantitative estimate of drug-likeness (QED) is 0.297. The van der Waals surface area contributed by atoms with Gasteiger partial charge in [-0.25, -0.2) is 4.68 Å². The van der Waals surface area contributed by atoms with E-state index in [1.165, 1.54) is 0 Å². The van der Waals surface area contributed by atoms with E-state index in [2.05, 4.69) is 15.7 Å². The third kappa shape index (κ3) is 6.12. The van der Waals surface area contributed by atoms with Gasteiger partial charge in [0.25, 0.3) is 5.91 Å². The molecule has 1 heterocycles. The first kappa shape index (κ1) is 26.2. The van der Waals surface area contributed by atoms with Crippen LogP contribution in [0.2, 0.25) is 5.02 Å².